The molecule has 0 spiro atoms. The standard InChI is InChI=1S/C15H17FN2O3/c16-12-3-1-2-4-13(12)21-9-14(19)17-10-7-15(20)18(8-10)11-5-6-11/h1-4,10-11H,5-9H2,(H,17,19)/t10-/m0/s1. The molecule has 6 heteroatoms. The fraction of sp³-hybridized carbons (Fsp3) is 0.467. The third kappa shape index (κ3) is 3.32. The summed E-state index contributed by atoms with van der Waals surface area (Å²) in [4.78, 5) is 25.4. The smallest absolute Gasteiger partial charge is 0.258 e. The van der Waals surface area contributed by atoms with Crippen molar-refractivity contribution in [3.63, 3.8) is 0 Å². The highest BCUT2D eigenvalue weighted by atomic mass is 19.1. The Morgan fingerprint density at radius 1 is 1.38 bits per heavy atom. The number of carbonyl (C=O) groups excluding carboxylic acids is 2. The predicted molar refractivity (Wildman–Crippen MR) is 73.2 cm³/mol. The Balaban J connectivity index is 1.46. The highest BCUT2D eigenvalue weighted by molar-refractivity contribution is 5.83. The summed E-state index contributed by atoms with van der Waals surface area (Å²) < 4.78 is 18.5. The van der Waals surface area contributed by atoms with Crippen LogP contribution in [0.15, 0.2) is 24.3 Å². The normalized spacial score (nSPS) is 21.5. The highest BCUT2D eigenvalue weighted by Crippen LogP contribution is 2.30. The van der Waals surface area contributed by atoms with Gasteiger partial charge in [-0.3, -0.25) is 9.59 Å². The van der Waals surface area contributed by atoms with Crippen LogP contribution in [0.4, 0.5) is 4.39 Å². The largest absolute Gasteiger partial charge is 0.481 e. The fourth-order valence-corrected chi connectivity index (χ4v) is 2.54. The summed E-state index contributed by atoms with van der Waals surface area (Å²) in [5.74, 6) is -0.692. The number of ether oxygens (including phenoxy) is 1. The zero-order chi connectivity index (χ0) is 14.8. The van der Waals surface area contributed by atoms with E-state index in [1.54, 1.807) is 12.1 Å². The zero-order valence-corrected chi connectivity index (χ0v) is 11.5. The number of likely N-dealkylation sites (tertiary alicyclic amines) is 1. The van der Waals surface area contributed by atoms with Gasteiger partial charge in [-0.2, -0.15) is 0 Å². The van der Waals surface area contributed by atoms with E-state index in [9.17, 15) is 14.0 Å². The third-order valence-corrected chi connectivity index (χ3v) is 3.71. The molecule has 0 bridgehead atoms. The van der Waals surface area contributed by atoms with Crippen LogP contribution in [-0.2, 0) is 9.59 Å². The van der Waals surface area contributed by atoms with Gasteiger partial charge in [0.05, 0.1) is 6.04 Å². The van der Waals surface area contributed by atoms with Crippen LogP contribution in [-0.4, -0.2) is 41.9 Å². The van der Waals surface area contributed by atoms with Gasteiger partial charge in [0.2, 0.25) is 5.91 Å². The molecule has 1 aromatic rings. The molecule has 0 unspecified atom stereocenters. The Hall–Kier alpha value is -2.11. The van der Waals surface area contributed by atoms with Crippen molar-refractivity contribution in [1.82, 2.24) is 10.2 Å². The quantitative estimate of drug-likeness (QED) is 0.883. The van der Waals surface area contributed by atoms with Crippen molar-refractivity contribution in [3.8, 4) is 5.75 Å². The van der Waals surface area contributed by atoms with Gasteiger partial charge < -0.3 is 15.0 Å². The second-order valence-electron chi connectivity index (χ2n) is 5.46. The number of rotatable bonds is 5. The van der Waals surface area contributed by atoms with Gasteiger partial charge >= 0.3 is 0 Å². The fourth-order valence-electron chi connectivity index (χ4n) is 2.54. The maximum atomic E-state index is 13.3. The lowest BCUT2D eigenvalue weighted by Gasteiger charge is -2.16. The molecule has 1 saturated carbocycles. The van der Waals surface area contributed by atoms with Crippen LogP contribution >= 0.6 is 0 Å². The molecule has 2 amide bonds. The van der Waals surface area contributed by atoms with Crippen LogP contribution in [0.1, 0.15) is 19.3 Å². The van der Waals surface area contributed by atoms with E-state index in [-0.39, 0.29) is 30.2 Å². The molecule has 0 radical (unpaired) electrons. The molecule has 112 valence electrons. The lowest BCUT2D eigenvalue weighted by Crippen LogP contribution is -2.40. The van der Waals surface area contributed by atoms with Gasteiger partial charge in [-0.1, -0.05) is 12.1 Å². The first-order valence-corrected chi connectivity index (χ1v) is 7.09. The molecule has 2 aliphatic rings. The van der Waals surface area contributed by atoms with Gasteiger partial charge in [0.15, 0.2) is 18.2 Å². The first-order valence-electron chi connectivity index (χ1n) is 7.09. The molecule has 0 aromatic heterocycles. The van der Waals surface area contributed by atoms with Crippen molar-refractivity contribution < 1.29 is 18.7 Å². The van der Waals surface area contributed by atoms with Gasteiger partial charge in [0.1, 0.15) is 0 Å². The molecule has 1 saturated heterocycles. The number of benzene rings is 1. The maximum Gasteiger partial charge on any atom is 0.258 e. The number of halogens is 1. The van der Waals surface area contributed by atoms with Crippen LogP contribution in [0.3, 0.4) is 0 Å². The second-order valence-corrected chi connectivity index (χ2v) is 5.46. The number of nitrogens with one attached hydrogen (secondary N) is 1. The first kappa shape index (κ1) is 13.9. The second kappa shape index (κ2) is 5.71. The summed E-state index contributed by atoms with van der Waals surface area (Å²) in [6.07, 6.45) is 2.45. The summed E-state index contributed by atoms with van der Waals surface area (Å²) in [6.45, 7) is 0.310. The van der Waals surface area contributed by atoms with Gasteiger partial charge in [0, 0.05) is 19.0 Å². The van der Waals surface area contributed by atoms with Crippen LogP contribution in [0, 0.1) is 5.82 Å². The minimum absolute atomic E-state index is 0.0507. The summed E-state index contributed by atoms with van der Waals surface area (Å²) in [5, 5.41) is 2.76. The molecule has 5 nitrogen and oxygen atoms in total. The minimum Gasteiger partial charge on any atom is -0.481 e. The van der Waals surface area contributed by atoms with Gasteiger partial charge in [-0.25, -0.2) is 4.39 Å². The first-order chi connectivity index (χ1) is 10.1. The Morgan fingerprint density at radius 3 is 2.86 bits per heavy atom. The average molecular weight is 292 g/mol. The van der Waals surface area contributed by atoms with Crippen molar-refractivity contribution in [3.05, 3.63) is 30.1 Å². The van der Waals surface area contributed by atoms with Gasteiger partial charge in [0.25, 0.3) is 5.91 Å². The number of nitrogens with zero attached hydrogens (tertiary/aromatic N) is 1. The van der Waals surface area contributed by atoms with Gasteiger partial charge in [-0.15, -0.1) is 0 Å². The molecule has 2 fully saturated rings. The van der Waals surface area contributed by atoms with E-state index in [0.717, 1.165) is 12.8 Å². The summed E-state index contributed by atoms with van der Waals surface area (Å²) >= 11 is 0. The lowest BCUT2D eigenvalue weighted by atomic mass is 10.2. The molecule has 1 N–H and O–H groups in total. The molecule has 3 rings (SSSR count). The molecular weight excluding hydrogens is 275 g/mol. The SMILES string of the molecule is O=C(COc1ccccc1F)N[C@H]1CC(=O)N(C2CC2)C1. The van der Waals surface area contributed by atoms with Crippen molar-refractivity contribution in [2.75, 3.05) is 13.2 Å². The summed E-state index contributed by atoms with van der Waals surface area (Å²) in [6, 6.07) is 6.13. The lowest BCUT2D eigenvalue weighted by molar-refractivity contribution is -0.128. The Morgan fingerprint density at radius 2 is 2.14 bits per heavy atom. The van der Waals surface area contributed by atoms with Crippen LogP contribution in [0.5, 0.6) is 5.75 Å². The van der Waals surface area contributed by atoms with Crippen LogP contribution in [0.2, 0.25) is 0 Å². The van der Waals surface area contributed by atoms with Crippen molar-refractivity contribution in [1.29, 1.82) is 0 Å². The topological polar surface area (TPSA) is 58.6 Å². The van der Waals surface area contributed by atoms with E-state index < -0.39 is 5.82 Å². The average Bonchev–Trinajstić information content (AvgIpc) is 3.23. The van der Waals surface area contributed by atoms with Crippen LogP contribution in [0.25, 0.3) is 0 Å². The van der Waals surface area contributed by atoms with Crippen LogP contribution < -0.4 is 10.1 Å². The van der Waals surface area contributed by atoms with E-state index in [1.165, 1.54) is 12.1 Å². The molecule has 1 aromatic carbocycles. The number of carbonyl (C=O) groups is 2. The molecule has 1 heterocycles. The predicted octanol–water partition coefficient (Wildman–Crippen LogP) is 1.08. The Labute approximate surface area is 122 Å². The van der Waals surface area contributed by atoms with Gasteiger partial charge in [-0.05, 0) is 25.0 Å². The monoisotopic (exact) mass is 292 g/mol. The van der Waals surface area contributed by atoms with Crippen molar-refractivity contribution in [2.45, 2.75) is 31.3 Å². The minimum atomic E-state index is -0.499. The summed E-state index contributed by atoms with van der Waals surface area (Å²) in [7, 11) is 0. The number of hydrogen-bond donors (Lipinski definition) is 1. The van der Waals surface area contributed by atoms with E-state index in [2.05, 4.69) is 5.32 Å². The Kier molecular flexibility index (Phi) is 3.77. The maximum absolute atomic E-state index is 13.3. The molecule has 1 aliphatic heterocycles. The zero-order valence-electron chi connectivity index (χ0n) is 11.5. The van der Waals surface area contributed by atoms with E-state index in [4.69, 9.17) is 4.74 Å². The highest BCUT2D eigenvalue weighted by Gasteiger charge is 2.39. The molecule has 1 atom stereocenters. The van der Waals surface area contributed by atoms with E-state index in [0.29, 0.717) is 19.0 Å². The number of hydrogen-bond acceptors (Lipinski definition) is 3. The van der Waals surface area contributed by atoms with Crippen molar-refractivity contribution >= 4 is 11.8 Å². The number of amides is 2. The molecule has 1 aliphatic carbocycles. The van der Waals surface area contributed by atoms with Crippen molar-refractivity contribution in [2.24, 2.45) is 0 Å². The molecule has 21 heavy (non-hydrogen) atoms. The van der Waals surface area contributed by atoms with E-state index >= 15 is 0 Å². The Bertz CT molecular complexity index is 560. The number of para-hydroxylation sites is 1. The third-order valence-electron chi connectivity index (χ3n) is 3.71. The molecular formula is C15H17FN2O3. The summed E-state index contributed by atoms with van der Waals surface area (Å²) in [5.41, 5.74) is 0. The van der Waals surface area contributed by atoms with E-state index in [1.807, 2.05) is 4.90 Å².